The lowest BCUT2D eigenvalue weighted by Gasteiger charge is -2.25. The number of primary amides is 1. The van der Waals surface area contributed by atoms with E-state index in [1.807, 2.05) is 32.3 Å². The van der Waals surface area contributed by atoms with E-state index in [0.717, 1.165) is 52.9 Å². The van der Waals surface area contributed by atoms with Crippen LogP contribution in [0, 0.1) is 13.8 Å². The highest BCUT2D eigenvalue weighted by Crippen LogP contribution is 2.32. The van der Waals surface area contributed by atoms with E-state index < -0.39 is 5.91 Å². The molecule has 5 rings (SSSR count). The summed E-state index contributed by atoms with van der Waals surface area (Å²) in [5.41, 5.74) is 15.1. The summed E-state index contributed by atoms with van der Waals surface area (Å²) in [5.74, 6) is -0.449. The minimum Gasteiger partial charge on any atom is -0.366 e. The molecule has 0 spiro atoms. The molecule has 6 heteroatoms. The zero-order chi connectivity index (χ0) is 21.7. The first kappa shape index (κ1) is 19.5. The second kappa shape index (κ2) is 7.32. The van der Waals surface area contributed by atoms with Crippen LogP contribution in [0.25, 0.3) is 33.4 Å². The average Bonchev–Trinajstić information content (AvgIpc) is 3.15. The lowest BCUT2D eigenvalue weighted by molar-refractivity contribution is 0.0998. The van der Waals surface area contributed by atoms with Gasteiger partial charge in [-0.05, 0) is 67.8 Å². The third-order valence-electron chi connectivity index (χ3n) is 6.19. The molecule has 1 amide bonds. The summed E-state index contributed by atoms with van der Waals surface area (Å²) in [4.78, 5) is 26.7. The predicted octanol–water partition coefficient (Wildman–Crippen LogP) is 4.00. The maximum Gasteiger partial charge on any atom is 0.250 e. The van der Waals surface area contributed by atoms with Crippen LogP contribution in [0.4, 0.5) is 0 Å². The first-order valence-electron chi connectivity index (χ1n) is 10.5. The third kappa shape index (κ3) is 3.39. The van der Waals surface area contributed by atoms with E-state index >= 15 is 0 Å². The van der Waals surface area contributed by atoms with Crippen LogP contribution in [0.2, 0.25) is 0 Å². The molecule has 0 radical (unpaired) electrons. The smallest absolute Gasteiger partial charge is 0.250 e. The fourth-order valence-electron chi connectivity index (χ4n) is 4.59. The number of fused-ring (bicyclic) bond motifs is 2. The Morgan fingerprint density at radius 1 is 1.13 bits per heavy atom. The number of H-pyrrole nitrogens is 1. The van der Waals surface area contributed by atoms with Crippen LogP contribution in [-0.4, -0.2) is 39.4 Å². The van der Waals surface area contributed by atoms with Crippen LogP contribution in [0.1, 0.15) is 32.7 Å². The Balaban J connectivity index is 1.60. The van der Waals surface area contributed by atoms with Gasteiger partial charge in [0, 0.05) is 42.0 Å². The number of hydrogen-bond donors (Lipinski definition) is 2. The van der Waals surface area contributed by atoms with Gasteiger partial charge in [0.2, 0.25) is 0 Å². The molecule has 0 atom stereocenters. The number of carbonyl (C=O) groups is 1. The van der Waals surface area contributed by atoms with Gasteiger partial charge in [-0.1, -0.05) is 12.1 Å². The zero-order valence-corrected chi connectivity index (χ0v) is 18.0. The number of carbonyl (C=O) groups excluding carboxylic acids is 1. The van der Waals surface area contributed by atoms with E-state index in [0.29, 0.717) is 11.3 Å². The third-order valence-corrected chi connectivity index (χ3v) is 6.19. The average molecular weight is 412 g/mol. The molecule has 0 unspecified atom stereocenters. The van der Waals surface area contributed by atoms with Crippen molar-refractivity contribution in [3.63, 3.8) is 0 Å². The lowest BCUT2D eigenvalue weighted by atomic mass is 9.95. The van der Waals surface area contributed by atoms with Gasteiger partial charge in [-0.15, -0.1) is 0 Å². The molecule has 1 aliphatic rings. The molecule has 3 aromatic heterocycles. The molecule has 1 aromatic carbocycles. The lowest BCUT2D eigenvalue weighted by Crippen LogP contribution is -2.26. The van der Waals surface area contributed by atoms with E-state index in [9.17, 15) is 4.79 Å². The number of nitrogens with two attached hydrogens (primary N) is 1. The van der Waals surface area contributed by atoms with Crippen molar-refractivity contribution in [2.75, 3.05) is 13.6 Å². The summed E-state index contributed by atoms with van der Waals surface area (Å²) >= 11 is 0. The van der Waals surface area contributed by atoms with E-state index in [-0.39, 0.29) is 0 Å². The monoisotopic (exact) mass is 411 g/mol. The Morgan fingerprint density at radius 2 is 1.97 bits per heavy atom. The molecular formula is C25H25N5O. The Kier molecular flexibility index (Phi) is 4.59. The summed E-state index contributed by atoms with van der Waals surface area (Å²) in [5, 5.41) is 1.01. The van der Waals surface area contributed by atoms with Gasteiger partial charge in [-0.2, -0.15) is 0 Å². The molecule has 0 fully saturated rings. The Labute approximate surface area is 181 Å². The number of likely N-dealkylation sites (N-methyl/N-ethyl adjacent to an activating group) is 1. The van der Waals surface area contributed by atoms with Gasteiger partial charge in [0.15, 0.2) is 0 Å². The number of hydrogen-bond acceptors (Lipinski definition) is 4. The van der Waals surface area contributed by atoms with Gasteiger partial charge in [-0.3, -0.25) is 9.78 Å². The van der Waals surface area contributed by atoms with Crippen molar-refractivity contribution in [3.05, 3.63) is 70.7 Å². The highest BCUT2D eigenvalue weighted by atomic mass is 16.1. The zero-order valence-electron chi connectivity index (χ0n) is 18.0. The molecule has 1 aliphatic heterocycles. The number of rotatable bonds is 3. The van der Waals surface area contributed by atoms with Gasteiger partial charge in [0.25, 0.3) is 5.91 Å². The highest BCUT2D eigenvalue weighted by Gasteiger charge is 2.17. The van der Waals surface area contributed by atoms with Crippen molar-refractivity contribution < 1.29 is 4.79 Å². The molecule has 4 heterocycles. The number of aromatic nitrogens is 3. The molecule has 6 nitrogen and oxygen atoms in total. The number of aromatic amines is 1. The molecule has 0 saturated carbocycles. The quantitative estimate of drug-likeness (QED) is 0.533. The van der Waals surface area contributed by atoms with E-state index in [1.54, 1.807) is 0 Å². The largest absolute Gasteiger partial charge is 0.366 e. The Hall–Kier alpha value is -3.51. The van der Waals surface area contributed by atoms with Gasteiger partial charge < -0.3 is 15.6 Å². The molecule has 0 aliphatic carbocycles. The van der Waals surface area contributed by atoms with Crippen molar-refractivity contribution in [1.82, 2.24) is 19.9 Å². The number of nitrogens with zero attached hydrogens (tertiary/aromatic N) is 3. The van der Waals surface area contributed by atoms with Crippen LogP contribution in [0.3, 0.4) is 0 Å². The summed E-state index contributed by atoms with van der Waals surface area (Å²) < 4.78 is 0. The van der Waals surface area contributed by atoms with Crippen molar-refractivity contribution in [3.8, 4) is 22.4 Å². The van der Waals surface area contributed by atoms with Crippen molar-refractivity contribution in [2.45, 2.75) is 26.8 Å². The van der Waals surface area contributed by atoms with Gasteiger partial charge in [0.1, 0.15) is 5.65 Å². The fraction of sp³-hybridized carbons (Fsp3) is 0.240. The van der Waals surface area contributed by atoms with Crippen LogP contribution in [0.5, 0.6) is 0 Å². The van der Waals surface area contributed by atoms with E-state index in [1.165, 1.54) is 16.7 Å². The Bertz CT molecular complexity index is 1310. The minimum atomic E-state index is -0.449. The number of nitrogens with one attached hydrogen (secondary N) is 1. The molecule has 31 heavy (non-hydrogen) atoms. The molecular weight excluding hydrogens is 386 g/mol. The molecule has 3 N–H and O–H groups in total. The summed E-state index contributed by atoms with van der Waals surface area (Å²) in [7, 11) is 2.16. The van der Waals surface area contributed by atoms with Crippen molar-refractivity contribution >= 4 is 16.9 Å². The van der Waals surface area contributed by atoms with Crippen LogP contribution in [0.15, 0.2) is 42.7 Å². The minimum absolute atomic E-state index is 0.449. The molecule has 4 aromatic rings. The first-order valence-corrected chi connectivity index (χ1v) is 10.5. The van der Waals surface area contributed by atoms with Gasteiger partial charge in [-0.25, -0.2) is 4.98 Å². The summed E-state index contributed by atoms with van der Waals surface area (Å²) in [6, 6.07) is 10.8. The topological polar surface area (TPSA) is 87.9 Å². The second-order valence-electron chi connectivity index (χ2n) is 8.44. The number of aryl methyl sites for hydroxylation is 2. The summed E-state index contributed by atoms with van der Waals surface area (Å²) in [6.45, 7) is 5.79. The number of pyridine rings is 2. The normalized spacial score (nSPS) is 14.0. The predicted molar refractivity (Wildman–Crippen MR) is 123 cm³/mol. The van der Waals surface area contributed by atoms with Gasteiger partial charge in [0.05, 0.1) is 17.0 Å². The molecule has 0 saturated heterocycles. The molecule has 0 bridgehead atoms. The molecule has 156 valence electrons. The standard InChI is InChI=1S/C25H25N5O/c1-14-8-22(29-15(2)23(14)24(26)31)21-12-28-25-20(21)10-18(11-27-25)17-5-4-16-6-7-30(3)13-19(16)9-17/h4-5,8-12H,6-7,13H2,1-3H3,(H2,26,31)(H,27,28). The van der Waals surface area contributed by atoms with Gasteiger partial charge >= 0.3 is 0 Å². The second-order valence-corrected chi connectivity index (χ2v) is 8.44. The first-order chi connectivity index (χ1) is 14.9. The van der Waals surface area contributed by atoms with E-state index in [2.05, 4.69) is 51.2 Å². The van der Waals surface area contributed by atoms with E-state index in [4.69, 9.17) is 5.73 Å². The fourth-order valence-corrected chi connectivity index (χ4v) is 4.59. The van der Waals surface area contributed by atoms with Crippen LogP contribution in [-0.2, 0) is 13.0 Å². The summed E-state index contributed by atoms with van der Waals surface area (Å²) in [6.07, 6.45) is 4.93. The van der Waals surface area contributed by atoms with Crippen molar-refractivity contribution in [1.29, 1.82) is 0 Å². The number of benzene rings is 1. The maximum absolute atomic E-state index is 11.7. The number of amides is 1. The van der Waals surface area contributed by atoms with Crippen molar-refractivity contribution in [2.24, 2.45) is 5.73 Å². The SMILES string of the molecule is Cc1cc(-c2c[nH]c3ncc(-c4ccc5c(c4)CN(C)CC5)cc23)nc(C)c1C(N)=O. The van der Waals surface area contributed by atoms with Crippen LogP contribution >= 0.6 is 0 Å². The Morgan fingerprint density at radius 3 is 2.74 bits per heavy atom. The van der Waals surface area contributed by atoms with Crippen LogP contribution < -0.4 is 5.73 Å². The highest BCUT2D eigenvalue weighted by molar-refractivity contribution is 5.98. The maximum atomic E-state index is 11.7.